The van der Waals surface area contributed by atoms with Crippen molar-refractivity contribution in [2.45, 2.75) is 13.1 Å². The summed E-state index contributed by atoms with van der Waals surface area (Å²) in [5.41, 5.74) is 1.53. The lowest BCUT2D eigenvalue weighted by Crippen LogP contribution is -2.35. The lowest BCUT2D eigenvalue weighted by Gasteiger charge is -2.08. The van der Waals surface area contributed by atoms with Gasteiger partial charge in [-0.3, -0.25) is 0 Å². The molecule has 2 aromatic carbocycles. The van der Waals surface area contributed by atoms with E-state index >= 15 is 0 Å². The number of hydrogen-bond acceptors (Lipinski definition) is 4. The van der Waals surface area contributed by atoms with Crippen LogP contribution >= 0.6 is 11.6 Å². The maximum Gasteiger partial charge on any atom is 0.315 e. The van der Waals surface area contributed by atoms with Gasteiger partial charge in [-0.1, -0.05) is 23.7 Å². The van der Waals surface area contributed by atoms with E-state index in [1.165, 1.54) is 16.8 Å². The van der Waals surface area contributed by atoms with E-state index in [2.05, 4.69) is 26.2 Å². The molecule has 0 saturated carbocycles. The summed E-state index contributed by atoms with van der Waals surface area (Å²) in [7, 11) is 0. The molecule has 0 radical (unpaired) electrons. The minimum Gasteiger partial charge on any atom is -0.334 e. The fourth-order valence-electron chi connectivity index (χ4n) is 2.11. The largest absolute Gasteiger partial charge is 0.334 e. The van der Waals surface area contributed by atoms with E-state index in [0.717, 1.165) is 5.56 Å². The second-order valence-corrected chi connectivity index (χ2v) is 5.58. The maximum absolute atomic E-state index is 13.0. The Morgan fingerprint density at radius 1 is 1.04 bits per heavy atom. The number of nitrogens with one attached hydrogen (secondary N) is 2. The van der Waals surface area contributed by atoms with Crippen molar-refractivity contribution in [2.24, 2.45) is 0 Å². The number of carbonyl (C=O) groups excluding carboxylic acids is 1. The molecule has 3 aromatic rings. The van der Waals surface area contributed by atoms with E-state index in [4.69, 9.17) is 11.6 Å². The van der Waals surface area contributed by atoms with Crippen LogP contribution in [-0.2, 0) is 13.1 Å². The first-order chi connectivity index (χ1) is 12.1. The van der Waals surface area contributed by atoms with Gasteiger partial charge in [0.25, 0.3) is 0 Å². The van der Waals surface area contributed by atoms with Crippen molar-refractivity contribution in [3.8, 4) is 5.69 Å². The number of hydrogen-bond donors (Lipinski definition) is 2. The molecular weight excluding hydrogens is 347 g/mol. The molecule has 0 spiro atoms. The molecule has 7 nitrogen and oxygen atoms in total. The number of rotatable bonds is 5. The van der Waals surface area contributed by atoms with Gasteiger partial charge in [-0.05, 0) is 52.4 Å². The zero-order valence-electron chi connectivity index (χ0n) is 13.0. The fourth-order valence-corrected chi connectivity index (χ4v) is 2.23. The second kappa shape index (κ2) is 7.71. The van der Waals surface area contributed by atoms with Crippen LogP contribution in [0.25, 0.3) is 5.69 Å². The highest BCUT2D eigenvalue weighted by molar-refractivity contribution is 6.30. The van der Waals surface area contributed by atoms with Gasteiger partial charge in [0.2, 0.25) is 0 Å². The van der Waals surface area contributed by atoms with Crippen LogP contribution in [0.1, 0.15) is 11.4 Å². The SMILES string of the molecule is O=C(NCc1ccc(Cl)cc1)NCc1nnnn1-c1ccc(F)cc1. The van der Waals surface area contributed by atoms with Crippen molar-refractivity contribution in [3.63, 3.8) is 0 Å². The number of urea groups is 1. The van der Waals surface area contributed by atoms with E-state index < -0.39 is 0 Å². The Morgan fingerprint density at radius 3 is 2.44 bits per heavy atom. The van der Waals surface area contributed by atoms with E-state index in [1.54, 1.807) is 24.3 Å². The molecular formula is C16H14ClFN6O. The standard InChI is InChI=1S/C16H14ClFN6O/c17-12-3-1-11(2-4-12)9-19-16(25)20-10-15-21-22-23-24(15)14-7-5-13(18)6-8-14/h1-8H,9-10H2,(H2,19,20,25). The van der Waals surface area contributed by atoms with E-state index in [9.17, 15) is 9.18 Å². The minimum atomic E-state index is -0.358. The molecule has 9 heteroatoms. The zero-order chi connectivity index (χ0) is 17.6. The molecule has 1 heterocycles. The quantitative estimate of drug-likeness (QED) is 0.732. The van der Waals surface area contributed by atoms with E-state index in [-0.39, 0.29) is 18.4 Å². The summed E-state index contributed by atoms with van der Waals surface area (Å²) < 4.78 is 14.4. The van der Waals surface area contributed by atoms with Gasteiger partial charge in [-0.2, -0.15) is 4.68 Å². The normalized spacial score (nSPS) is 10.5. The van der Waals surface area contributed by atoms with Gasteiger partial charge in [0.15, 0.2) is 5.82 Å². The number of carbonyl (C=O) groups is 1. The Morgan fingerprint density at radius 2 is 1.72 bits per heavy atom. The van der Waals surface area contributed by atoms with Crippen LogP contribution in [0.15, 0.2) is 48.5 Å². The highest BCUT2D eigenvalue weighted by Gasteiger charge is 2.10. The van der Waals surface area contributed by atoms with E-state index in [0.29, 0.717) is 23.1 Å². The number of nitrogens with zero attached hydrogens (tertiary/aromatic N) is 4. The number of tetrazole rings is 1. The first kappa shape index (κ1) is 16.8. The summed E-state index contributed by atoms with van der Waals surface area (Å²) in [5.74, 6) is 0.0753. The second-order valence-electron chi connectivity index (χ2n) is 5.15. The molecule has 2 amide bonds. The van der Waals surface area contributed by atoms with Crippen molar-refractivity contribution in [3.05, 3.63) is 70.8 Å². The van der Waals surface area contributed by atoms with Crippen molar-refractivity contribution in [2.75, 3.05) is 0 Å². The molecule has 128 valence electrons. The van der Waals surface area contributed by atoms with Gasteiger partial charge in [0, 0.05) is 11.6 Å². The Kier molecular flexibility index (Phi) is 5.20. The van der Waals surface area contributed by atoms with Crippen molar-refractivity contribution >= 4 is 17.6 Å². The molecule has 0 unspecified atom stereocenters. The molecule has 2 N–H and O–H groups in total. The number of aromatic nitrogens is 4. The summed E-state index contributed by atoms with van der Waals surface area (Å²) in [5, 5.41) is 17.3. The summed E-state index contributed by atoms with van der Waals surface area (Å²) in [6, 6.07) is 12.5. The van der Waals surface area contributed by atoms with Gasteiger partial charge >= 0.3 is 6.03 Å². The van der Waals surface area contributed by atoms with Gasteiger partial charge in [-0.25, -0.2) is 9.18 Å². The Labute approximate surface area is 147 Å². The van der Waals surface area contributed by atoms with Crippen LogP contribution in [0.3, 0.4) is 0 Å². The molecule has 3 rings (SSSR count). The first-order valence-corrected chi connectivity index (χ1v) is 7.79. The molecule has 0 bridgehead atoms. The van der Waals surface area contributed by atoms with Crippen LogP contribution in [0.4, 0.5) is 9.18 Å². The molecule has 0 fully saturated rings. The van der Waals surface area contributed by atoms with Crippen LogP contribution in [0, 0.1) is 5.82 Å². The number of benzene rings is 2. The first-order valence-electron chi connectivity index (χ1n) is 7.41. The lowest BCUT2D eigenvalue weighted by atomic mass is 10.2. The zero-order valence-corrected chi connectivity index (χ0v) is 13.7. The highest BCUT2D eigenvalue weighted by Crippen LogP contribution is 2.10. The summed E-state index contributed by atoms with van der Waals surface area (Å²) >= 11 is 5.81. The van der Waals surface area contributed by atoms with Crippen LogP contribution in [-0.4, -0.2) is 26.2 Å². The summed E-state index contributed by atoms with van der Waals surface area (Å²) in [6.07, 6.45) is 0. The Hall–Kier alpha value is -3.00. The average molecular weight is 361 g/mol. The highest BCUT2D eigenvalue weighted by atomic mass is 35.5. The molecule has 0 saturated heterocycles. The Bertz CT molecular complexity index is 850. The lowest BCUT2D eigenvalue weighted by molar-refractivity contribution is 0.240. The van der Waals surface area contributed by atoms with Gasteiger partial charge in [0.05, 0.1) is 12.2 Å². The average Bonchev–Trinajstić information content (AvgIpc) is 3.09. The predicted molar refractivity (Wildman–Crippen MR) is 89.6 cm³/mol. The molecule has 0 atom stereocenters. The van der Waals surface area contributed by atoms with E-state index in [1.807, 2.05) is 12.1 Å². The molecule has 1 aromatic heterocycles. The molecule has 0 aliphatic heterocycles. The van der Waals surface area contributed by atoms with Crippen molar-refractivity contribution in [1.29, 1.82) is 0 Å². The molecule has 25 heavy (non-hydrogen) atoms. The molecule has 0 aliphatic rings. The third-order valence-electron chi connectivity index (χ3n) is 3.38. The third kappa shape index (κ3) is 4.51. The van der Waals surface area contributed by atoms with Gasteiger partial charge in [0.1, 0.15) is 5.82 Å². The molecule has 0 aliphatic carbocycles. The summed E-state index contributed by atoms with van der Waals surface area (Å²) in [4.78, 5) is 11.9. The Balaban J connectivity index is 1.55. The fraction of sp³-hybridized carbons (Fsp3) is 0.125. The number of halogens is 2. The van der Waals surface area contributed by atoms with Crippen molar-refractivity contribution < 1.29 is 9.18 Å². The monoisotopic (exact) mass is 360 g/mol. The predicted octanol–water partition coefficient (Wildman–Crippen LogP) is 2.45. The number of amides is 2. The van der Waals surface area contributed by atoms with Gasteiger partial charge in [-0.15, -0.1) is 5.10 Å². The van der Waals surface area contributed by atoms with Crippen molar-refractivity contribution in [1.82, 2.24) is 30.8 Å². The van der Waals surface area contributed by atoms with Crippen LogP contribution in [0.5, 0.6) is 0 Å². The topological polar surface area (TPSA) is 84.7 Å². The van der Waals surface area contributed by atoms with Crippen LogP contribution in [0.2, 0.25) is 5.02 Å². The third-order valence-corrected chi connectivity index (χ3v) is 3.63. The summed E-state index contributed by atoms with van der Waals surface area (Å²) in [6.45, 7) is 0.489. The minimum absolute atomic E-state index is 0.122. The van der Waals surface area contributed by atoms with Gasteiger partial charge < -0.3 is 10.6 Å². The maximum atomic E-state index is 13.0. The van der Waals surface area contributed by atoms with Crippen LogP contribution < -0.4 is 10.6 Å². The smallest absolute Gasteiger partial charge is 0.315 e.